The van der Waals surface area contributed by atoms with Crippen LogP contribution in [0.2, 0.25) is 13.1 Å². The van der Waals surface area contributed by atoms with E-state index in [2.05, 4.69) is 47.1 Å². The Morgan fingerprint density at radius 1 is 1.24 bits per heavy atom. The van der Waals surface area contributed by atoms with E-state index in [4.69, 9.17) is 9.47 Å². The van der Waals surface area contributed by atoms with Gasteiger partial charge in [-0.3, -0.25) is 4.79 Å². The van der Waals surface area contributed by atoms with Crippen LogP contribution in [-0.4, -0.2) is 30.8 Å². The summed E-state index contributed by atoms with van der Waals surface area (Å²) in [5.41, 5.74) is 5.42. The molecule has 0 aliphatic carbocycles. The van der Waals surface area contributed by atoms with Crippen LogP contribution in [0.3, 0.4) is 0 Å². The number of carbonyl (C=O) groups is 1. The van der Waals surface area contributed by atoms with Crippen LogP contribution in [0.4, 0.5) is 0 Å². The fourth-order valence-electron chi connectivity index (χ4n) is 4.04. The lowest BCUT2D eigenvalue weighted by Crippen LogP contribution is -2.17. The summed E-state index contributed by atoms with van der Waals surface area (Å²) in [5, 5.41) is 2.08. The van der Waals surface area contributed by atoms with Crippen LogP contribution in [-0.2, 0) is 13.0 Å². The molecule has 3 aromatic rings. The number of thiophene rings is 1. The number of rotatable bonds is 7. The van der Waals surface area contributed by atoms with Crippen molar-refractivity contribution < 1.29 is 14.3 Å². The standard InChI is InChI=1S/C23H26BNO3S/c1-14(2)28-21-12-16-15(10-20(21)27-4)7-8-25-18(19(26)13-24-3)11-17(23(16)25)22-6-5-9-29-22/h5-6,9-12,14,24H,7-8,13H2,1-4H3. The number of fused-ring (bicyclic) bond motifs is 3. The largest absolute Gasteiger partial charge is 0.493 e. The normalized spacial score (nSPS) is 12.4. The SMILES string of the molecule is CBCC(=O)c1cc(-c2cccs2)c2n1CCc1cc(OC)c(OC(C)C)cc1-2. The third kappa shape index (κ3) is 3.62. The number of ether oxygens (including phenoxy) is 2. The van der Waals surface area contributed by atoms with Crippen molar-refractivity contribution in [2.75, 3.05) is 7.11 Å². The van der Waals surface area contributed by atoms with Crippen molar-refractivity contribution in [1.82, 2.24) is 4.57 Å². The number of hydrogen-bond acceptors (Lipinski definition) is 4. The fraction of sp³-hybridized carbons (Fsp3) is 0.348. The molecule has 29 heavy (non-hydrogen) atoms. The van der Waals surface area contributed by atoms with E-state index in [0.29, 0.717) is 6.32 Å². The number of Topliss-reactive ketones (excluding diaryl/α,β-unsaturated/α-hetero) is 1. The lowest BCUT2D eigenvalue weighted by Gasteiger charge is -2.24. The molecule has 1 aliphatic rings. The number of aryl methyl sites for hydroxylation is 1. The van der Waals surface area contributed by atoms with Crippen molar-refractivity contribution in [2.45, 2.75) is 46.1 Å². The molecule has 1 aliphatic heterocycles. The van der Waals surface area contributed by atoms with Gasteiger partial charge in [-0.2, -0.15) is 0 Å². The second kappa shape index (κ2) is 8.11. The van der Waals surface area contributed by atoms with Gasteiger partial charge in [0.25, 0.3) is 0 Å². The summed E-state index contributed by atoms with van der Waals surface area (Å²) in [7, 11) is 2.53. The van der Waals surface area contributed by atoms with Crippen LogP contribution in [0.25, 0.3) is 21.7 Å². The molecular weight excluding hydrogens is 381 g/mol. The molecule has 0 fully saturated rings. The second-order valence-corrected chi connectivity index (χ2v) is 8.62. The fourth-order valence-corrected chi connectivity index (χ4v) is 4.79. The summed E-state index contributed by atoms with van der Waals surface area (Å²) < 4.78 is 13.8. The minimum atomic E-state index is 0.0517. The Balaban J connectivity index is 1.94. The number of benzene rings is 1. The Labute approximate surface area is 176 Å². The molecule has 6 heteroatoms. The average Bonchev–Trinajstić information content (AvgIpc) is 3.35. The summed E-state index contributed by atoms with van der Waals surface area (Å²) in [4.78, 5) is 14.0. The van der Waals surface area contributed by atoms with Gasteiger partial charge >= 0.3 is 0 Å². The first-order valence-corrected chi connectivity index (χ1v) is 11.1. The molecular formula is C23H26BNO3S. The summed E-state index contributed by atoms with van der Waals surface area (Å²) in [5.74, 6) is 1.72. The molecule has 0 atom stereocenters. The molecule has 1 aromatic carbocycles. The van der Waals surface area contributed by atoms with E-state index in [1.807, 2.05) is 13.8 Å². The molecule has 0 N–H and O–H groups in total. The number of hydrogen-bond donors (Lipinski definition) is 0. The minimum absolute atomic E-state index is 0.0517. The van der Waals surface area contributed by atoms with E-state index in [1.165, 1.54) is 10.4 Å². The first kappa shape index (κ1) is 19.8. The Morgan fingerprint density at radius 3 is 2.72 bits per heavy atom. The van der Waals surface area contributed by atoms with Crippen LogP contribution in [0.15, 0.2) is 35.7 Å². The first-order valence-electron chi connectivity index (χ1n) is 10.2. The molecule has 4 nitrogen and oxygen atoms in total. The van der Waals surface area contributed by atoms with Crippen LogP contribution < -0.4 is 9.47 Å². The maximum Gasteiger partial charge on any atom is 0.171 e. The number of nitrogens with zero attached hydrogens (tertiary/aromatic N) is 1. The minimum Gasteiger partial charge on any atom is -0.493 e. The van der Waals surface area contributed by atoms with Crippen molar-refractivity contribution in [3.8, 4) is 33.2 Å². The molecule has 0 amide bonds. The molecule has 0 saturated carbocycles. The number of methoxy groups -OCH3 is 1. The van der Waals surface area contributed by atoms with Gasteiger partial charge in [-0.1, -0.05) is 12.9 Å². The van der Waals surface area contributed by atoms with Gasteiger partial charge in [0, 0.05) is 22.5 Å². The van der Waals surface area contributed by atoms with Gasteiger partial charge < -0.3 is 14.0 Å². The highest BCUT2D eigenvalue weighted by molar-refractivity contribution is 7.13. The van der Waals surface area contributed by atoms with Crippen molar-refractivity contribution >= 4 is 24.4 Å². The summed E-state index contributed by atoms with van der Waals surface area (Å²) in [6.45, 7) is 6.88. The average molecular weight is 407 g/mol. The summed E-state index contributed by atoms with van der Waals surface area (Å²) in [6, 6.07) is 10.4. The molecule has 0 spiro atoms. The Hall–Kier alpha value is -2.47. The van der Waals surface area contributed by atoms with Crippen LogP contribution >= 0.6 is 11.3 Å². The van der Waals surface area contributed by atoms with Crippen molar-refractivity contribution in [1.29, 1.82) is 0 Å². The maximum atomic E-state index is 12.9. The molecule has 4 rings (SSSR count). The molecule has 0 saturated heterocycles. The van der Waals surface area contributed by atoms with Crippen molar-refractivity contribution in [3.05, 3.63) is 47.0 Å². The highest BCUT2D eigenvalue weighted by Crippen LogP contribution is 2.45. The number of ketones is 1. The molecule has 0 bridgehead atoms. The highest BCUT2D eigenvalue weighted by Gasteiger charge is 2.28. The number of carbonyl (C=O) groups excluding carboxylic acids is 1. The monoisotopic (exact) mass is 407 g/mol. The lowest BCUT2D eigenvalue weighted by atomic mass is 9.76. The molecule has 0 unspecified atom stereocenters. The van der Waals surface area contributed by atoms with E-state index in [9.17, 15) is 4.79 Å². The van der Waals surface area contributed by atoms with Crippen molar-refractivity contribution in [3.63, 3.8) is 0 Å². The van der Waals surface area contributed by atoms with Gasteiger partial charge in [-0.25, -0.2) is 0 Å². The zero-order valence-electron chi connectivity index (χ0n) is 17.5. The van der Waals surface area contributed by atoms with Gasteiger partial charge in [-0.15, -0.1) is 11.3 Å². The van der Waals surface area contributed by atoms with Crippen LogP contribution in [0.1, 0.15) is 29.9 Å². The Kier molecular flexibility index (Phi) is 5.55. The molecule has 150 valence electrons. The van der Waals surface area contributed by atoms with E-state index >= 15 is 0 Å². The van der Waals surface area contributed by atoms with E-state index in [0.717, 1.165) is 54.3 Å². The zero-order chi connectivity index (χ0) is 20.5. The third-order valence-electron chi connectivity index (χ3n) is 5.26. The van der Waals surface area contributed by atoms with Gasteiger partial charge in [-0.05, 0) is 61.8 Å². The summed E-state index contributed by atoms with van der Waals surface area (Å²) >= 11 is 1.70. The lowest BCUT2D eigenvalue weighted by molar-refractivity contribution is 0.100. The maximum absolute atomic E-state index is 12.9. The van der Waals surface area contributed by atoms with Crippen LogP contribution in [0, 0.1) is 0 Å². The van der Waals surface area contributed by atoms with Crippen molar-refractivity contribution in [2.24, 2.45) is 0 Å². The summed E-state index contributed by atoms with van der Waals surface area (Å²) in [6.07, 6.45) is 1.49. The predicted molar refractivity (Wildman–Crippen MR) is 121 cm³/mol. The topological polar surface area (TPSA) is 40.5 Å². The van der Waals surface area contributed by atoms with Gasteiger partial charge in [0.05, 0.1) is 24.6 Å². The molecule has 0 radical (unpaired) electrons. The van der Waals surface area contributed by atoms with Gasteiger partial charge in [0.1, 0.15) is 7.28 Å². The predicted octanol–water partition coefficient (Wildman–Crippen LogP) is 5.32. The Morgan fingerprint density at radius 2 is 2.07 bits per heavy atom. The second-order valence-electron chi connectivity index (χ2n) is 7.67. The smallest absolute Gasteiger partial charge is 0.171 e. The quantitative estimate of drug-likeness (QED) is 0.393. The first-order chi connectivity index (χ1) is 14.0. The highest BCUT2D eigenvalue weighted by atomic mass is 32.1. The third-order valence-corrected chi connectivity index (χ3v) is 6.16. The molecule has 2 aromatic heterocycles. The van der Waals surface area contributed by atoms with E-state index < -0.39 is 0 Å². The number of aromatic nitrogens is 1. The van der Waals surface area contributed by atoms with Gasteiger partial charge in [0.2, 0.25) is 0 Å². The van der Waals surface area contributed by atoms with Gasteiger partial charge in [0.15, 0.2) is 17.3 Å². The van der Waals surface area contributed by atoms with E-state index in [1.54, 1.807) is 18.4 Å². The van der Waals surface area contributed by atoms with Crippen LogP contribution in [0.5, 0.6) is 11.5 Å². The zero-order valence-corrected chi connectivity index (χ0v) is 18.3. The molecule has 3 heterocycles. The van der Waals surface area contributed by atoms with E-state index in [-0.39, 0.29) is 11.9 Å². The Bertz CT molecular complexity index is 1040.